The van der Waals surface area contributed by atoms with Crippen LogP contribution in [0.1, 0.15) is 0 Å². The lowest BCUT2D eigenvalue weighted by Gasteiger charge is -2.09. The highest BCUT2D eigenvalue weighted by Gasteiger charge is 2.12. The van der Waals surface area contributed by atoms with Crippen LogP contribution in [0.5, 0.6) is 11.5 Å². The highest BCUT2D eigenvalue weighted by molar-refractivity contribution is 5.73. The van der Waals surface area contributed by atoms with Gasteiger partial charge in [0.15, 0.2) is 11.5 Å². The van der Waals surface area contributed by atoms with Crippen LogP contribution in [0, 0.1) is 0 Å². The Hall–Kier alpha value is -3.64. The first-order chi connectivity index (χ1) is 13.0. The second kappa shape index (κ2) is 9.89. The van der Waals surface area contributed by atoms with Crippen molar-refractivity contribution in [3.05, 3.63) is 57.4 Å². The zero-order valence-corrected chi connectivity index (χ0v) is 14.5. The quantitative estimate of drug-likeness (QED) is 0.314. The summed E-state index contributed by atoms with van der Waals surface area (Å²) in [4.78, 5) is 42.3. The van der Waals surface area contributed by atoms with Crippen LogP contribution in [0.3, 0.4) is 0 Å². The molecule has 28 heavy (non-hydrogen) atoms. The molecule has 0 bridgehead atoms. The number of aromatic hydroxyl groups is 2. The van der Waals surface area contributed by atoms with E-state index >= 15 is 0 Å². The Bertz CT molecular complexity index is 875. The third kappa shape index (κ3) is 6.93. The first kappa shape index (κ1) is 22.4. The van der Waals surface area contributed by atoms with Gasteiger partial charge in [0.1, 0.15) is 12.1 Å². The standard InChI is InChI=1S/2C8H10N2O4/c2*9-5(8(13)14)3-10-2-1-6(11)7(12)4-10/h2*1-2,4-5,12H,3,9H2,(H,13,14)/t2*5-/m00/s1. The van der Waals surface area contributed by atoms with Crippen molar-refractivity contribution in [3.63, 3.8) is 0 Å². The number of hydrogen-bond donors (Lipinski definition) is 6. The van der Waals surface area contributed by atoms with Crippen LogP contribution in [-0.2, 0) is 22.7 Å². The molecule has 12 heteroatoms. The maximum atomic E-state index is 10.8. The molecule has 2 rings (SSSR count). The van der Waals surface area contributed by atoms with E-state index in [0.29, 0.717) is 0 Å². The summed E-state index contributed by atoms with van der Waals surface area (Å²) < 4.78 is 2.69. The monoisotopic (exact) mass is 396 g/mol. The fourth-order valence-corrected chi connectivity index (χ4v) is 1.86. The summed E-state index contributed by atoms with van der Waals surface area (Å²) in [6.07, 6.45) is 5.02. The molecular formula is C16H20N4O8. The molecule has 0 aliphatic carbocycles. The maximum Gasteiger partial charge on any atom is 0.322 e. The summed E-state index contributed by atoms with van der Waals surface area (Å²) in [5.74, 6) is -3.12. The van der Waals surface area contributed by atoms with Gasteiger partial charge in [0.25, 0.3) is 0 Å². The zero-order valence-electron chi connectivity index (χ0n) is 14.5. The third-order valence-electron chi connectivity index (χ3n) is 3.37. The van der Waals surface area contributed by atoms with Crippen molar-refractivity contribution in [2.75, 3.05) is 0 Å². The van der Waals surface area contributed by atoms with E-state index in [9.17, 15) is 19.2 Å². The molecule has 152 valence electrons. The van der Waals surface area contributed by atoms with Gasteiger partial charge < -0.3 is 41.0 Å². The Balaban J connectivity index is 0.000000280. The molecule has 0 amide bonds. The largest absolute Gasteiger partial charge is 0.503 e. The lowest BCUT2D eigenvalue weighted by Crippen LogP contribution is -2.34. The highest BCUT2D eigenvalue weighted by atomic mass is 16.4. The van der Waals surface area contributed by atoms with Crippen LogP contribution in [0.4, 0.5) is 0 Å². The minimum Gasteiger partial charge on any atom is -0.503 e. The Labute approximate surface area is 157 Å². The van der Waals surface area contributed by atoms with Gasteiger partial charge in [-0.2, -0.15) is 0 Å². The van der Waals surface area contributed by atoms with E-state index in [0.717, 1.165) is 24.5 Å². The molecule has 8 N–H and O–H groups in total. The molecule has 0 saturated carbocycles. The molecule has 2 heterocycles. The number of carboxylic acid groups (broad SMARTS) is 2. The SMILES string of the molecule is N[C@@H](Cn1ccc(=O)c(O)c1)C(=O)O.N[C@@H](Cn1ccc(=O)c(O)c1)C(=O)O. The first-order valence-corrected chi connectivity index (χ1v) is 7.76. The van der Waals surface area contributed by atoms with E-state index in [2.05, 4.69) is 0 Å². The predicted octanol–water partition coefficient (Wildman–Crippen LogP) is -2.07. The molecule has 0 saturated heterocycles. The fourth-order valence-electron chi connectivity index (χ4n) is 1.86. The van der Waals surface area contributed by atoms with Gasteiger partial charge in [-0.05, 0) is 0 Å². The number of pyridine rings is 2. The lowest BCUT2D eigenvalue weighted by molar-refractivity contribution is -0.139. The molecular weight excluding hydrogens is 376 g/mol. The number of nitrogens with zero attached hydrogens (tertiary/aromatic N) is 2. The molecule has 0 radical (unpaired) electrons. The van der Waals surface area contributed by atoms with Crippen molar-refractivity contribution in [3.8, 4) is 11.5 Å². The van der Waals surface area contributed by atoms with Crippen molar-refractivity contribution in [2.45, 2.75) is 25.2 Å². The topological polar surface area (TPSA) is 211 Å². The van der Waals surface area contributed by atoms with E-state index in [-0.39, 0.29) is 13.1 Å². The second-order valence-electron chi connectivity index (χ2n) is 5.67. The molecule has 2 atom stereocenters. The molecule has 0 spiro atoms. The molecule has 0 aliphatic heterocycles. The fraction of sp³-hybridized carbons (Fsp3) is 0.250. The molecule has 0 unspecified atom stereocenters. The van der Waals surface area contributed by atoms with Crippen LogP contribution in [0.2, 0.25) is 0 Å². The van der Waals surface area contributed by atoms with Crippen molar-refractivity contribution >= 4 is 11.9 Å². The smallest absolute Gasteiger partial charge is 0.322 e. The van der Waals surface area contributed by atoms with E-state index in [1.807, 2.05) is 0 Å². The van der Waals surface area contributed by atoms with Gasteiger partial charge in [-0.3, -0.25) is 19.2 Å². The van der Waals surface area contributed by atoms with Gasteiger partial charge in [0.05, 0.1) is 0 Å². The molecule has 0 fully saturated rings. The summed E-state index contributed by atoms with van der Waals surface area (Å²) in [5.41, 5.74) is 9.49. The highest BCUT2D eigenvalue weighted by Crippen LogP contribution is 2.00. The van der Waals surface area contributed by atoms with Crippen LogP contribution in [0.15, 0.2) is 46.5 Å². The van der Waals surface area contributed by atoms with Crippen LogP contribution in [0.25, 0.3) is 0 Å². The number of hydrogen-bond acceptors (Lipinski definition) is 8. The molecule has 0 aliphatic rings. The van der Waals surface area contributed by atoms with Gasteiger partial charge in [-0.1, -0.05) is 0 Å². The third-order valence-corrected chi connectivity index (χ3v) is 3.37. The van der Waals surface area contributed by atoms with Crippen molar-refractivity contribution in [1.29, 1.82) is 0 Å². The average Bonchev–Trinajstić information content (AvgIpc) is 2.61. The molecule has 0 aromatic carbocycles. The Morgan fingerprint density at radius 3 is 1.39 bits per heavy atom. The maximum absolute atomic E-state index is 10.8. The number of rotatable bonds is 6. The Kier molecular flexibility index (Phi) is 7.91. The minimum atomic E-state index is -1.14. The second-order valence-corrected chi connectivity index (χ2v) is 5.67. The Morgan fingerprint density at radius 2 is 1.14 bits per heavy atom. The van der Waals surface area contributed by atoms with Crippen LogP contribution in [-0.4, -0.2) is 53.6 Å². The van der Waals surface area contributed by atoms with E-state index < -0.39 is 46.4 Å². The van der Waals surface area contributed by atoms with Gasteiger partial charge in [-0.25, -0.2) is 0 Å². The number of nitrogens with two attached hydrogens (primary N) is 2. The summed E-state index contributed by atoms with van der Waals surface area (Å²) in [7, 11) is 0. The van der Waals surface area contributed by atoms with Gasteiger partial charge in [-0.15, -0.1) is 0 Å². The lowest BCUT2D eigenvalue weighted by atomic mass is 10.3. The van der Waals surface area contributed by atoms with Crippen molar-refractivity contribution in [2.24, 2.45) is 11.5 Å². The van der Waals surface area contributed by atoms with Gasteiger partial charge in [0.2, 0.25) is 10.9 Å². The van der Waals surface area contributed by atoms with Crippen molar-refractivity contribution in [1.82, 2.24) is 9.13 Å². The summed E-state index contributed by atoms with van der Waals surface area (Å²) in [6, 6.07) is 0.169. The average molecular weight is 396 g/mol. The molecule has 2 aromatic heterocycles. The number of carbonyl (C=O) groups is 2. The van der Waals surface area contributed by atoms with Gasteiger partial charge in [0, 0.05) is 50.0 Å². The van der Waals surface area contributed by atoms with Crippen LogP contribution >= 0.6 is 0 Å². The Morgan fingerprint density at radius 1 is 0.821 bits per heavy atom. The summed E-state index contributed by atoms with van der Waals surface area (Å²) >= 11 is 0. The summed E-state index contributed by atoms with van der Waals surface area (Å²) in [5, 5.41) is 35.1. The van der Waals surface area contributed by atoms with Crippen molar-refractivity contribution < 1.29 is 30.0 Å². The molecule has 12 nitrogen and oxygen atoms in total. The van der Waals surface area contributed by atoms with E-state index in [1.165, 1.54) is 21.5 Å². The molecule has 2 aromatic rings. The number of aliphatic carboxylic acids is 2. The summed E-state index contributed by atoms with van der Waals surface area (Å²) in [6.45, 7) is 0.00630. The van der Waals surface area contributed by atoms with E-state index in [1.54, 1.807) is 0 Å². The van der Waals surface area contributed by atoms with Gasteiger partial charge >= 0.3 is 11.9 Å². The normalized spacial score (nSPS) is 12.4. The first-order valence-electron chi connectivity index (χ1n) is 7.76. The minimum absolute atomic E-state index is 0.00315. The number of aromatic nitrogens is 2. The zero-order chi connectivity index (χ0) is 21.4. The number of carboxylic acids is 2. The van der Waals surface area contributed by atoms with Crippen LogP contribution < -0.4 is 22.3 Å². The predicted molar refractivity (Wildman–Crippen MR) is 96.0 cm³/mol. The van der Waals surface area contributed by atoms with E-state index in [4.69, 9.17) is 31.9 Å².